The van der Waals surface area contributed by atoms with E-state index in [4.69, 9.17) is 0 Å². The van der Waals surface area contributed by atoms with E-state index >= 15 is 0 Å². The number of nitrogens with one attached hydrogen (secondary N) is 1. The first-order valence-corrected chi connectivity index (χ1v) is 7.47. The third-order valence-electron chi connectivity index (χ3n) is 3.78. The Labute approximate surface area is 126 Å². The lowest BCUT2D eigenvalue weighted by Crippen LogP contribution is -2.47. The average Bonchev–Trinajstić information content (AvgIpc) is 2.88. The molecule has 4 heteroatoms. The molecule has 1 N–H and O–H groups in total. The van der Waals surface area contributed by atoms with Crippen LogP contribution in [0.4, 0.5) is 5.69 Å². The summed E-state index contributed by atoms with van der Waals surface area (Å²) in [5.74, 6) is -0.0435. The molecule has 4 nitrogen and oxygen atoms in total. The standard InChI is InChI=1S/C17H24N2O2/c1-12-7-9-13(10-8-12)18-15(20)14-6-5-11-19(14)16(21)17(2,3)4/h7-10,14H,5-6,11H2,1-4H3,(H,18,20)/t14-/m1/s1. The van der Waals surface area contributed by atoms with Crippen molar-refractivity contribution in [3.8, 4) is 0 Å². The maximum atomic E-state index is 12.4. The molecule has 0 bridgehead atoms. The van der Waals surface area contributed by atoms with E-state index in [9.17, 15) is 9.59 Å². The molecule has 1 heterocycles. The minimum absolute atomic E-state index is 0.0454. The Morgan fingerprint density at radius 1 is 1.19 bits per heavy atom. The zero-order valence-electron chi connectivity index (χ0n) is 13.3. The van der Waals surface area contributed by atoms with Crippen LogP contribution in [0.2, 0.25) is 0 Å². The summed E-state index contributed by atoms with van der Waals surface area (Å²) in [6, 6.07) is 7.35. The van der Waals surface area contributed by atoms with E-state index in [0.29, 0.717) is 6.54 Å². The molecular weight excluding hydrogens is 264 g/mol. The number of hydrogen-bond acceptors (Lipinski definition) is 2. The zero-order valence-corrected chi connectivity index (χ0v) is 13.3. The van der Waals surface area contributed by atoms with Gasteiger partial charge in [-0.25, -0.2) is 0 Å². The highest BCUT2D eigenvalue weighted by Gasteiger charge is 2.38. The monoisotopic (exact) mass is 288 g/mol. The van der Waals surface area contributed by atoms with Gasteiger partial charge in [-0.1, -0.05) is 38.5 Å². The van der Waals surface area contributed by atoms with Crippen molar-refractivity contribution in [1.29, 1.82) is 0 Å². The Morgan fingerprint density at radius 2 is 1.81 bits per heavy atom. The number of hydrogen-bond donors (Lipinski definition) is 1. The van der Waals surface area contributed by atoms with Gasteiger partial charge in [0.05, 0.1) is 0 Å². The average molecular weight is 288 g/mol. The van der Waals surface area contributed by atoms with Crippen LogP contribution in [0, 0.1) is 12.3 Å². The molecule has 1 fully saturated rings. The number of benzene rings is 1. The van der Waals surface area contributed by atoms with E-state index in [-0.39, 0.29) is 17.9 Å². The molecule has 21 heavy (non-hydrogen) atoms. The fraction of sp³-hybridized carbons (Fsp3) is 0.529. The van der Waals surface area contributed by atoms with Crippen LogP contribution in [0.3, 0.4) is 0 Å². The van der Waals surface area contributed by atoms with Crippen molar-refractivity contribution >= 4 is 17.5 Å². The summed E-state index contributed by atoms with van der Waals surface area (Å²) in [5, 5.41) is 2.91. The van der Waals surface area contributed by atoms with Gasteiger partial charge in [0, 0.05) is 17.6 Å². The second-order valence-corrected chi connectivity index (χ2v) is 6.76. The van der Waals surface area contributed by atoms with Gasteiger partial charge in [-0.3, -0.25) is 9.59 Å². The van der Waals surface area contributed by atoms with E-state index in [1.165, 1.54) is 0 Å². The number of aryl methyl sites for hydroxylation is 1. The topological polar surface area (TPSA) is 49.4 Å². The van der Waals surface area contributed by atoms with E-state index < -0.39 is 5.41 Å². The molecule has 1 saturated heterocycles. The molecule has 1 aliphatic heterocycles. The molecule has 2 amide bonds. The third-order valence-corrected chi connectivity index (χ3v) is 3.78. The minimum Gasteiger partial charge on any atom is -0.330 e. The van der Waals surface area contributed by atoms with Crippen LogP contribution < -0.4 is 5.32 Å². The summed E-state index contributed by atoms with van der Waals surface area (Å²) in [6.45, 7) is 8.35. The molecule has 0 aromatic heterocycles. The van der Waals surface area contributed by atoms with Crippen molar-refractivity contribution in [1.82, 2.24) is 4.90 Å². The Kier molecular flexibility index (Phi) is 4.35. The van der Waals surface area contributed by atoms with Crippen LogP contribution in [-0.4, -0.2) is 29.3 Å². The van der Waals surface area contributed by atoms with Crippen LogP contribution in [0.1, 0.15) is 39.2 Å². The summed E-state index contributed by atoms with van der Waals surface area (Å²) in [6.07, 6.45) is 1.62. The van der Waals surface area contributed by atoms with Gasteiger partial charge in [0.2, 0.25) is 11.8 Å². The predicted octanol–water partition coefficient (Wildman–Crippen LogP) is 2.97. The van der Waals surface area contributed by atoms with Crippen LogP contribution in [0.5, 0.6) is 0 Å². The molecular formula is C17H24N2O2. The number of anilines is 1. The van der Waals surface area contributed by atoms with E-state index in [0.717, 1.165) is 24.1 Å². The predicted molar refractivity (Wildman–Crippen MR) is 84.0 cm³/mol. The maximum Gasteiger partial charge on any atom is 0.247 e. The van der Waals surface area contributed by atoms with Gasteiger partial charge in [-0.05, 0) is 31.9 Å². The van der Waals surface area contributed by atoms with Crippen LogP contribution in [0.25, 0.3) is 0 Å². The molecule has 114 valence electrons. The molecule has 0 radical (unpaired) electrons. The molecule has 1 atom stereocenters. The number of carbonyl (C=O) groups is 2. The van der Waals surface area contributed by atoms with Gasteiger partial charge in [0.1, 0.15) is 6.04 Å². The third kappa shape index (κ3) is 3.63. The minimum atomic E-state index is -0.452. The first kappa shape index (κ1) is 15.5. The summed E-state index contributed by atoms with van der Waals surface area (Å²) in [7, 11) is 0. The highest BCUT2D eigenvalue weighted by molar-refractivity contribution is 5.98. The van der Waals surface area contributed by atoms with Crippen LogP contribution >= 0.6 is 0 Å². The van der Waals surface area contributed by atoms with Gasteiger partial charge in [0.25, 0.3) is 0 Å². The second-order valence-electron chi connectivity index (χ2n) is 6.76. The van der Waals surface area contributed by atoms with Crippen molar-refractivity contribution in [3.05, 3.63) is 29.8 Å². The maximum absolute atomic E-state index is 12.4. The highest BCUT2D eigenvalue weighted by atomic mass is 16.2. The van der Waals surface area contributed by atoms with Gasteiger partial charge < -0.3 is 10.2 Å². The van der Waals surface area contributed by atoms with E-state index in [1.807, 2.05) is 52.0 Å². The molecule has 1 aromatic carbocycles. The highest BCUT2D eigenvalue weighted by Crippen LogP contribution is 2.26. The number of rotatable bonds is 2. The van der Waals surface area contributed by atoms with E-state index in [2.05, 4.69) is 5.32 Å². The summed E-state index contributed by atoms with van der Waals surface area (Å²) in [4.78, 5) is 26.6. The molecule has 0 spiro atoms. The molecule has 0 aliphatic carbocycles. The summed E-state index contributed by atoms with van der Waals surface area (Å²) in [5.41, 5.74) is 1.48. The lowest BCUT2D eigenvalue weighted by Gasteiger charge is -2.30. The normalized spacial score (nSPS) is 18.7. The Morgan fingerprint density at radius 3 is 2.38 bits per heavy atom. The molecule has 1 aliphatic rings. The van der Waals surface area contributed by atoms with Crippen LogP contribution in [-0.2, 0) is 9.59 Å². The Bertz CT molecular complexity index is 529. The largest absolute Gasteiger partial charge is 0.330 e. The zero-order chi connectivity index (χ0) is 15.6. The first-order chi connectivity index (χ1) is 9.79. The van der Waals surface area contributed by atoms with Crippen molar-refractivity contribution in [2.24, 2.45) is 5.41 Å². The van der Waals surface area contributed by atoms with E-state index in [1.54, 1.807) is 4.90 Å². The Hall–Kier alpha value is -1.84. The van der Waals surface area contributed by atoms with Crippen molar-refractivity contribution in [3.63, 3.8) is 0 Å². The molecule has 2 rings (SSSR count). The van der Waals surface area contributed by atoms with Gasteiger partial charge in [-0.2, -0.15) is 0 Å². The first-order valence-electron chi connectivity index (χ1n) is 7.47. The lowest BCUT2D eigenvalue weighted by atomic mass is 9.94. The summed E-state index contributed by atoms with van der Waals surface area (Å²) >= 11 is 0. The van der Waals surface area contributed by atoms with Crippen molar-refractivity contribution in [2.45, 2.75) is 46.6 Å². The number of carbonyl (C=O) groups excluding carboxylic acids is 2. The summed E-state index contributed by atoms with van der Waals surface area (Å²) < 4.78 is 0. The van der Waals surface area contributed by atoms with Crippen LogP contribution in [0.15, 0.2) is 24.3 Å². The molecule has 0 unspecified atom stereocenters. The SMILES string of the molecule is Cc1ccc(NC(=O)[C@H]2CCCN2C(=O)C(C)(C)C)cc1. The quantitative estimate of drug-likeness (QED) is 0.909. The van der Waals surface area contributed by atoms with Crippen molar-refractivity contribution in [2.75, 3.05) is 11.9 Å². The lowest BCUT2D eigenvalue weighted by molar-refractivity contribution is -0.143. The fourth-order valence-corrected chi connectivity index (χ4v) is 2.58. The van der Waals surface area contributed by atoms with Gasteiger partial charge in [0.15, 0.2) is 0 Å². The number of likely N-dealkylation sites (tertiary alicyclic amines) is 1. The van der Waals surface area contributed by atoms with Gasteiger partial charge in [-0.15, -0.1) is 0 Å². The second kappa shape index (κ2) is 5.88. The Balaban J connectivity index is 2.07. The molecule has 1 aromatic rings. The van der Waals surface area contributed by atoms with Gasteiger partial charge >= 0.3 is 0 Å². The molecule has 0 saturated carbocycles. The number of nitrogens with zero attached hydrogens (tertiary/aromatic N) is 1. The smallest absolute Gasteiger partial charge is 0.247 e. The van der Waals surface area contributed by atoms with Crippen molar-refractivity contribution < 1.29 is 9.59 Å². The number of amides is 2. The fourth-order valence-electron chi connectivity index (χ4n) is 2.58.